The highest BCUT2D eigenvalue weighted by atomic mass is 16.3. The molecule has 0 radical (unpaired) electrons. The maximum Gasteiger partial charge on any atom is 0.239 e. The molecular weight excluding hydrogens is 366 g/mol. The number of Topliss-reactive ketones (excluding diaryl/α,β-unsaturated/α-hetero) is 1. The number of hydrogen-bond donors (Lipinski definition) is 2. The van der Waals surface area contributed by atoms with Gasteiger partial charge in [0.1, 0.15) is 11.8 Å². The first-order valence-electron chi connectivity index (χ1n) is 10.2. The Morgan fingerprint density at radius 2 is 2.07 bits per heavy atom. The Balaban J connectivity index is 1.81. The number of rotatable bonds is 5. The average Bonchev–Trinajstić information content (AvgIpc) is 3.18. The molecule has 1 amide bonds. The summed E-state index contributed by atoms with van der Waals surface area (Å²) < 4.78 is 5.76. The molecule has 2 aromatic rings. The molecular formula is C23H27N3O3. The zero-order valence-corrected chi connectivity index (χ0v) is 16.9. The molecule has 6 nitrogen and oxygen atoms in total. The van der Waals surface area contributed by atoms with E-state index in [1.54, 1.807) is 6.26 Å². The van der Waals surface area contributed by atoms with Crippen molar-refractivity contribution in [2.24, 2.45) is 5.92 Å². The second kappa shape index (κ2) is 8.15. The fourth-order valence-electron chi connectivity index (χ4n) is 4.05. The van der Waals surface area contributed by atoms with Gasteiger partial charge in [-0.15, -0.1) is 0 Å². The lowest BCUT2D eigenvalue weighted by Gasteiger charge is -2.33. The number of allylic oxidation sites excluding steroid dienone is 1. The largest absolute Gasteiger partial charge is 0.467 e. The van der Waals surface area contributed by atoms with Gasteiger partial charge in [0, 0.05) is 24.2 Å². The van der Waals surface area contributed by atoms with E-state index in [1.165, 1.54) is 0 Å². The number of nitrogens with zero attached hydrogens (tertiary/aromatic N) is 1. The van der Waals surface area contributed by atoms with Crippen molar-refractivity contribution < 1.29 is 14.0 Å². The molecule has 2 heterocycles. The number of carbonyl (C=O) groups excluding carboxylic acids is 2. The van der Waals surface area contributed by atoms with E-state index in [0.717, 1.165) is 29.9 Å². The molecule has 0 fully saturated rings. The van der Waals surface area contributed by atoms with Gasteiger partial charge in [-0.25, -0.2) is 0 Å². The van der Waals surface area contributed by atoms with Crippen LogP contribution in [0.4, 0.5) is 11.4 Å². The second-order valence-electron chi connectivity index (χ2n) is 8.05. The number of para-hydroxylation sites is 2. The minimum atomic E-state index is -0.436. The average molecular weight is 393 g/mol. The maximum atomic E-state index is 13.0. The summed E-state index contributed by atoms with van der Waals surface area (Å²) in [5.74, 6) is 1.08. The van der Waals surface area contributed by atoms with Crippen LogP contribution in [0.2, 0.25) is 0 Å². The third-order valence-electron chi connectivity index (χ3n) is 5.37. The highest BCUT2D eigenvalue weighted by molar-refractivity contribution is 6.01. The van der Waals surface area contributed by atoms with E-state index in [1.807, 2.05) is 41.3 Å². The molecule has 0 spiro atoms. The van der Waals surface area contributed by atoms with E-state index in [-0.39, 0.29) is 18.2 Å². The van der Waals surface area contributed by atoms with Gasteiger partial charge in [0.05, 0.1) is 24.2 Å². The number of hydrogen-bond acceptors (Lipinski definition) is 5. The Bertz CT molecular complexity index is 931. The molecule has 0 saturated heterocycles. The molecule has 4 rings (SSSR count). The van der Waals surface area contributed by atoms with Crippen LogP contribution in [-0.2, 0) is 9.59 Å². The van der Waals surface area contributed by atoms with E-state index >= 15 is 0 Å². The van der Waals surface area contributed by atoms with Crippen LogP contribution in [0.5, 0.6) is 0 Å². The van der Waals surface area contributed by atoms with Gasteiger partial charge in [-0.3, -0.25) is 9.59 Å². The van der Waals surface area contributed by atoms with Crippen molar-refractivity contribution in [1.82, 2.24) is 5.32 Å². The van der Waals surface area contributed by atoms with Crippen LogP contribution in [-0.4, -0.2) is 24.8 Å². The molecule has 1 aromatic heterocycles. The number of amides is 1. The van der Waals surface area contributed by atoms with E-state index < -0.39 is 6.04 Å². The topological polar surface area (TPSA) is 74.6 Å². The van der Waals surface area contributed by atoms with E-state index in [9.17, 15) is 9.59 Å². The third kappa shape index (κ3) is 3.92. The summed E-state index contributed by atoms with van der Waals surface area (Å²) in [6.45, 7) is 4.88. The minimum Gasteiger partial charge on any atom is -0.467 e. The normalized spacial score (nSPS) is 18.8. The smallest absolute Gasteiger partial charge is 0.239 e. The van der Waals surface area contributed by atoms with Gasteiger partial charge in [-0.1, -0.05) is 26.0 Å². The van der Waals surface area contributed by atoms with Crippen molar-refractivity contribution in [3.8, 4) is 0 Å². The first-order valence-corrected chi connectivity index (χ1v) is 10.2. The van der Waals surface area contributed by atoms with Crippen LogP contribution in [0.25, 0.3) is 0 Å². The van der Waals surface area contributed by atoms with Crippen LogP contribution in [0, 0.1) is 5.92 Å². The lowest BCUT2D eigenvalue weighted by molar-refractivity contribution is -0.120. The Hall–Kier alpha value is -3.02. The predicted molar refractivity (Wildman–Crippen MR) is 113 cm³/mol. The number of furan rings is 1. The maximum absolute atomic E-state index is 13.0. The lowest BCUT2D eigenvalue weighted by Crippen LogP contribution is -2.42. The molecule has 1 atom stereocenters. The van der Waals surface area contributed by atoms with Gasteiger partial charge in [0.25, 0.3) is 0 Å². The van der Waals surface area contributed by atoms with Crippen molar-refractivity contribution in [3.05, 3.63) is 59.7 Å². The summed E-state index contributed by atoms with van der Waals surface area (Å²) in [7, 11) is 0. The van der Waals surface area contributed by atoms with Crippen LogP contribution in [0.1, 0.15) is 44.9 Å². The van der Waals surface area contributed by atoms with Gasteiger partial charge in [-0.05, 0) is 43.0 Å². The Morgan fingerprint density at radius 1 is 1.24 bits per heavy atom. The van der Waals surface area contributed by atoms with Crippen LogP contribution in [0.3, 0.4) is 0 Å². The first-order chi connectivity index (χ1) is 14.0. The molecule has 6 heteroatoms. The summed E-state index contributed by atoms with van der Waals surface area (Å²) in [5, 5.41) is 6.48. The number of nitrogens with one attached hydrogen (secondary N) is 2. The Morgan fingerprint density at radius 3 is 2.83 bits per heavy atom. The SMILES string of the molecule is CC(C)CNC(=O)CN1c2ccccc2NC2=C(C(=O)CCC2)[C@H]1c1ccco1. The zero-order chi connectivity index (χ0) is 20.4. The highest BCUT2D eigenvalue weighted by Gasteiger charge is 2.38. The van der Waals surface area contributed by atoms with Crippen molar-refractivity contribution >= 4 is 23.1 Å². The lowest BCUT2D eigenvalue weighted by atomic mass is 9.88. The number of carbonyl (C=O) groups is 2. The summed E-state index contributed by atoms with van der Waals surface area (Å²) in [6, 6.07) is 11.1. The molecule has 2 N–H and O–H groups in total. The monoisotopic (exact) mass is 393 g/mol. The molecule has 152 valence electrons. The third-order valence-corrected chi connectivity index (χ3v) is 5.37. The van der Waals surface area contributed by atoms with E-state index in [4.69, 9.17) is 4.42 Å². The summed E-state index contributed by atoms with van der Waals surface area (Å²) >= 11 is 0. The van der Waals surface area contributed by atoms with E-state index in [0.29, 0.717) is 30.2 Å². The van der Waals surface area contributed by atoms with Crippen molar-refractivity contribution in [2.75, 3.05) is 23.3 Å². The Labute approximate surface area is 171 Å². The standard InChI is InChI=1S/C23H27N3O3/c1-15(2)13-24-21(28)14-26-18-9-4-3-7-16(18)25-17-8-5-10-19(27)22(17)23(26)20-11-6-12-29-20/h3-4,6-7,9,11-12,15,23,25H,5,8,10,13-14H2,1-2H3,(H,24,28)/t23-/m1/s1. The number of ketones is 1. The first kappa shape index (κ1) is 19.3. The van der Waals surface area contributed by atoms with Gasteiger partial charge in [-0.2, -0.15) is 0 Å². The van der Waals surface area contributed by atoms with Gasteiger partial charge in [0.2, 0.25) is 5.91 Å². The fraction of sp³-hybridized carbons (Fsp3) is 0.391. The molecule has 1 aliphatic heterocycles. The molecule has 1 aliphatic carbocycles. The number of benzene rings is 1. The quantitative estimate of drug-likeness (QED) is 0.802. The van der Waals surface area contributed by atoms with Crippen molar-refractivity contribution in [3.63, 3.8) is 0 Å². The minimum absolute atomic E-state index is 0.0719. The van der Waals surface area contributed by atoms with Gasteiger partial charge < -0.3 is 20.0 Å². The van der Waals surface area contributed by atoms with Gasteiger partial charge >= 0.3 is 0 Å². The molecule has 2 aliphatic rings. The summed E-state index contributed by atoms with van der Waals surface area (Å²) in [6.07, 6.45) is 3.76. The summed E-state index contributed by atoms with van der Waals surface area (Å²) in [4.78, 5) is 27.8. The van der Waals surface area contributed by atoms with Crippen molar-refractivity contribution in [1.29, 1.82) is 0 Å². The zero-order valence-electron chi connectivity index (χ0n) is 16.9. The van der Waals surface area contributed by atoms with E-state index in [2.05, 4.69) is 24.5 Å². The van der Waals surface area contributed by atoms with Crippen LogP contribution in [0.15, 0.2) is 58.3 Å². The van der Waals surface area contributed by atoms with Crippen LogP contribution < -0.4 is 15.5 Å². The van der Waals surface area contributed by atoms with Gasteiger partial charge in [0.15, 0.2) is 5.78 Å². The Kier molecular flexibility index (Phi) is 5.43. The molecule has 1 aromatic carbocycles. The second-order valence-corrected chi connectivity index (χ2v) is 8.05. The predicted octanol–water partition coefficient (Wildman–Crippen LogP) is 4.03. The van der Waals surface area contributed by atoms with Crippen molar-refractivity contribution in [2.45, 2.75) is 39.2 Å². The molecule has 29 heavy (non-hydrogen) atoms. The number of fused-ring (bicyclic) bond motifs is 1. The van der Waals surface area contributed by atoms with Crippen LogP contribution >= 0.6 is 0 Å². The highest BCUT2D eigenvalue weighted by Crippen LogP contribution is 2.44. The molecule has 0 bridgehead atoms. The molecule has 0 saturated carbocycles. The molecule has 0 unspecified atom stereocenters. The fourth-order valence-corrected chi connectivity index (χ4v) is 4.05. The summed E-state index contributed by atoms with van der Waals surface area (Å²) in [5.41, 5.74) is 3.43. The number of anilines is 2.